The van der Waals surface area contributed by atoms with Crippen LogP contribution in [-0.4, -0.2) is 18.1 Å². The lowest BCUT2D eigenvalue weighted by Gasteiger charge is -2.29. The molecule has 0 spiro atoms. The van der Waals surface area contributed by atoms with Crippen LogP contribution in [0.25, 0.3) is 0 Å². The number of halogens is 3. The summed E-state index contributed by atoms with van der Waals surface area (Å²) in [6, 6.07) is 2.62. The van der Waals surface area contributed by atoms with E-state index in [1.165, 1.54) is 7.11 Å². The van der Waals surface area contributed by atoms with Gasteiger partial charge < -0.3 is 10.5 Å². The van der Waals surface area contributed by atoms with Crippen LogP contribution < -0.4 is 5.73 Å². The van der Waals surface area contributed by atoms with Crippen molar-refractivity contribution in [2.24, 2.45) is 11.1 Å². The average molecular weight is 314 g/mol. The first-order chi connectivity index (χ1) is 7.80. The zero-order valence-electron chi connectivity index (χ0n) is 10.2. The van der Waals surface area contributed by atoms with Crippen LogP contribution in [0, 0.1) is 5.41 Å². The lowest BCUT2D eigenvalue weighted by atomic mass is 9.81. The van der Waals surface area contributed by atoms with Gasteiger partial charge in [-0.15, -0.1) is 12.4 Å². The van der Waals surface area contributed by atoms with E-state index < -0.39 is 17.4 Å². The minimum Gasteiger partial charge on any atom is -0.469 e. The van der Waals surface area contributed by atoms with E-state index in [0.29, 0.717) is 5.56 Å². The third-order valence-electron chi connectivity index (χ3n) is 2.67. The molecular formula is C11H15Cl3N2O2. The summed E-state index contributed by atoms with van der Waals surface area (Å²) < 4.78 is 4.71. The number of carbonyl (C=O) groups is 1. The highest BCUT2D eigenvalue weighted by atomic mass is 35.5. The Balaban J connectivity index is 0.00000289. The van der Waals surface area contributed by atoms with Crippen LogP contribution in [0.1, 0.15) is 25.5 Å². The molecule has 2 N–H and O–H groups in total. The smallest absolute Gasteiger partial charge is 0.313 e. The van der Waals surface area contributed by atoms with Crippen molar-refractivity contribution in [3.63, 3.8) is 0 Å². The number of hydrogen-bond acceptors (Lipinski definition) is 4. The van der Waals surface area contributed by atoms with Crippen LogP contribution in [0.2, 0.25) is 10.3 Å². The molecular weight excluding hydrogens is 298 g/mol. The summed E-state index contributed by atoms with van der Waals surface area (Å²) in [7, 11) is 1.32. The maximum absolute atomic E-state index is 11.6. The van der Waals surface area contributed by atoms with E-state index in [2.05, 4.69) is 4.98 Å². The van der Waals surface area contributed by atoms with Gasteiger partial charge in [0.1, 0.15) is 10.3 Å². The zero-order chi connectivity index (χ0) is 13.2. The van der Waals surface area contributed by atoms with Gasteiger partial charge >= 0.3 is 5.97 Å². The highest BCUT2D eigenvalue weighted by molar-refractivity contribution is 6.32. The second-order valence-corrected chi connectivity index (χ2v) is 4.95. The van der Waals surface area contributed by atoms with Crippen LogP contribution in [0.3, 0.4) is 0 Å². The maximum atomic E-state index is 11.6. The van der Waals surface area contributed by atoms with Gasteiger partial charge in [-0.25, -0.2) is 4.98 Å². The second kappa shape index (κ2) is 6.57. The monoisotopic (exact) mass is 312 g/mol. The number of carbonyl (C=O) groups excluding carboxylic acids is 1. The Bertz CT molecular complexity index is 438. The normalized spacial score (nSPS) is 12.6. The van der Waals surface area contributed by atoms with Gasteiger partial charge in [0.25, 0.3) is 0 Å². The molecule has 4 nitrogen and oxygen atoms in total. The van der Waals surface area contributed by atoms with Gasteiger partial charge in [0.05, 0.1) is 12.5 Å². The molecule has 0 aliphatic heterocycles. The quantitative estimate of drug-likeness (QED) is 0.688. The van der Waals surface area contributed by atoms with Crippen LogP contribution in [-0.2, 0) is 9.53 Å². The Morgan fingerprint density at radius 2 is 2.00 bits per heavy atom. The Labute approximate surface area is 122 Å². The van der Waals surface area contributed by atoms with E-state index in [1.807, 2.05) is 0 Å². The minimum absolute atomic E-state index is 0. The number of ether oxygens (including phenoxy) is 1. The summed E-state index contributed by atoms with van der Waals surface area (Å²) in [6.07, 6.45) is 0. The second-order valence-electron chi connectivity index (χ2n) is 4.20. The molecule has 0 aliphatic carbocycles. The van der Waals surface area contributed by atoms with Gasteiger partial charge in [-0.2, -0.15) is 0 Å². The van der Waals surface area contributed by atoms with Gasteiger partial charge in [0.2, 0.25) is 0 Å². The number of nitrogens with zero attached hydrogens (tertiary/aromatic N) is 1. The van der Waals surface area contributed by atoms with Crippen LogP contribution in [0.5, 0.6) is 0 Å². The standard InChI is InChI=1S/C11H14Cl2N2O2.ClH/c1-11(2,10(16)17-3)8(14)6-4-5-7(12)15-9(6)13;/h4-5,8H,14H2,1-3H3;1H/t8-;/m1./s1. The number of pyridine rings is 1. The average Bonchev–Trinajstić information content (AvgIpc) is 2.27. The van der Waals surface area contributed by atoms with Gasteiger partial charge in [0, 0.05) is 11.6 Å². The molecule has 0 amide bonds. The third-order valence-corrected chi connectivity index (χ3v) is 3.18. The predicted molar refractivity (Wildman–Crippen MR) is 74.2 cm³/mol. The van der Waals surface area contributed by atoms with Crippen molar-refractivity contribution in [2.45, 2.75) is 19.9 Å². The van der Waals surface area contributed by atoms with E-state index in [0.717, 1.165) is 0 Å². The molecule has 0 fully saturated rings. The summed E-state index contributed by atoms with van der Waals surface area (Å²) in [5, 5.41) is 0.476. The Hall–Kier alpha value is -0.550. The van der Waals surface area contributed by atoms with E-state index in [1.54, 1.807) is 26.0 Å². The first kappa shape index (κ1) is 17.4. The molecule has 1 heterocycles. The summed E-state index contributed by atoms with van der Waals surface area (Å²) in [5.41, 5.74) is 5.70. The molecule has 0 saturated heterocycles. The van der Waals surface area contributed by atoms with Crippen LogP contribution in [0.4, 0.5) is 0 Å². The molecule has 0 bridgehead atoms. The van der Waals surface area contributed by atoms with Crippen molar-refractivity contribution < 1.29 is 9.53 Å². The molecule has 0 aliphatic rings. The van der Waals surface area contributed by atoms with Gasteiger partial charge in [-0.3, -0.25) is 4.79 Å². The number of methoxy groups -OCH3 is 1. The molecule has 1 aromatic heterocycles. The Kier molecular flexibility index (Phi) is 6.37. The van der Waals surface area contributed by atoms with Gasteiger partial charge in [-0.05, 0) is 19.9 Å². The van der Waals surface area contributed by atoms with Gasteiger partial charge in [-0.1, -0.05) is 29.3 Å². The van der Waals surface area contributed by atoms with Gasteiger partial charge in [0.15, 0.2) is 0 Å². The lowest BCUT2D eigenvalue weighted by Crippen LogP contribution is -2.37. The molecule has 1 aromatic rings. The highest BCUT2D eigenvalue weighted by Crippen LogP contribution is 2.35. The first-order valence-electron chi connectivity index (χ1n) is 4.96. The number of hydrogen-bond donors (Lipinski definition) is 1. The fraction of sp³-hybridized carbons (Fsp3) is 0.455. The molecule has 0 saturated carbocycles. The molecule has 1 atom stereocenters. The summed E-state index contributed by atoms with van der Waals surface area (Å²) in [6.45, 7) is 3.38. The van der Waals surface area contributed by atoms with Crippen molar-refractivity contribution >= 4 is 41.6 Å². The summed E-state index contributed by atoms with van der Waals surface area (Å²) >= 11 is 11.6. The van der Waals surface area contributed by atoms with E-state index in [4.69, 9.17) is 33.7 Å². The van der Waals surface area contributed by atoms with E-state index >= 15 is 0 Å². The highest BCUT2D eigenvalue weighted by Gasteiger charge is 2.37. The third kappa shape index (κ3) is 3.48. The fourth-order valence-corrected chi connectivity index (χ4v) is 1.90. The zero-order valence-corrected chi connectivity index (χ0v) is 12.6. The van der Waals surface area contributed by atoms with Crippen molar-refractivity contribution in [3.05, 3.63) is 28.0 Å². The minimum atomic E-state index is -0.895. The van der Waals surface area contributed by atoms with Crippen molar-refractivity contribution in [2.75, 3.05) is 7.11 Å². The number of aromatic nitrogens is 1. The maximum Gasteiger partial charge on any atom is 0.313 e. The molecule has 1 rings (SSSR count). The lowest BCUT2D eigenvalue weighted by molar-refractivity contribution is -0.152. The molecule has 18 heavy (non-hydrogen) atoms. The number of rotatable bonds is 3. The predicted octanol–water partition coefficient (Wildman–Crippen LogP) is 3.01. The summed E-state index contributed by atoms with van der Waals surface area (Å²) in [4.78, 5) is 15.5. The molecule has 0 unspecified atom stereocenters. The first-order valence-corrected chi connectivity index (χ1v) is 5.72. The Morgan fingerprint density at radius 3 is 2.44 bits per heavy atom. The van der Waals surface area contributed by atoms with Crippen molar-refractivity contribution in [3.8, 4) is 0 Å². The van der Waals surface area contributed by atoms with E-state index in [-0.39, 0.29) is 22.7 Å². The largest absolute Gasteiger partial charge is 0.469 e. The SMILES string of the molecule is COC(=O)C(C)(C)[C@H](N)c1ccc(Cl)nc1Cl.Cl. The molecule has 0 radical (unpaired) electrons. The van der Waals surface area contributed by atoms with Crippen LogP contribution in [0.15, 0.2) is 12.1 Å². The topological polar surface area (TPSA) is 65.2 Å². The van der Waals surface area contributed by atoms with Crippen molar-refractivity contribution in [1.82, 2.24) is 4.98 Å². The fourth-order valence-electron chi connectivity index (χ4n) is 1.43. The molecule has 0 aromatic carbocycles. The molecule has 7 heteroatoms. The van der Waals surface area contributed by atoms with Crippen LogP contribution >= 0.6 is 35.6 Å². The summed E-state index contributed by atoms with van der Waals surface area (Å²) in [5.74, 6) is -0.406. The Morgan fingerprint density at radius 1 is 1.44 bits per heavy atom. The number of esters is 1. The van der Waals surface area contributed by atoms with E-state index in [9.17, 15) is 4.79 Å². The van der Waals surface area contributed by atoms with Crippen molar-refractivity contribution in [1.29, 1.82) is 0 Å². The number of nitrogens with two attached hydrogens (primary N) is 1. The molecule has 102 valence electrons.